The molecule has 0 amide bonds. The second kappa shape index (κ2) is 9.31. The van der Waals surface area contributed by atoms with Crippen LogP contribution in [0.1, 0.15) is 5.69 Å². The summed E-state index contributed by atoms with van der Waals surface area (Å²) in [5.74, 6) is -6.61. The molecule has 0 radical (unpaired) electrons. The van der Waals surface area contributed by atoms with Gasteiger partial charge >= 0.3 is 0 Å². The Hall–Kier alpha value is -4.26. The maximum Gasteiger partial charge on any atom is 0.238 e. The highest BCUT2D eigenvalue weighted by molar-refractivity contribution is 7.91. The number of ether oxygens (including phenoxy) is 1. The number of sulfonamides is 1. The van der Waals surface area contributed by atoms with Crippen molar-refractivity contribution in [3.05, 3.63) is 84.2 Å². The highest BCUT2D eigenvalue weighted by Crippen LogP contribution is 2.35. The Labute approximate surface area is 191 Å². The molecule has 34 heavy (non-hydrogen) atoms. The molecule has 4 aromatic rings. The van der Waals surface area contributed by atoms with Gasteiger partial charge in [0.1, 0.15) is 11.4 Å². The van der Waals surface area contributed by atoms with Crippen LogP contribution in [0.3, 0.4) is 0 Å². The monoisotopic (exact) mass is 488 g/mol. The third-order valence-electron chi connectivity index (χ3n) is 4.37. The summed E-state index contributed by atoms with van der Waals surface area (Å²) in [5, 5.41) is 0. The van der Waals surface area contributed by atoms with Gasteiger partial charge in [0, 0.05) is 24.7 Å². The second-order valence-electron chi connectivity index (χ2n) is 6.80. The van der Waals surface area contributed by atoms with Gasteiger partial charge in [-0.15, -0.1) is 0 Å². The average Bonchev–Trinajstić information content (AvgIpc) is 2.81. The molecule has 0 saturated carbocycles. The maximum absolute atomic E-state index is 14.7. The number of nitrogens with two attached hydrogens (primary N) is 1. The topological polar surface area (TPSA) is 133 Å². The first-order valence-electron chi connectivity index (χ1n) is 9.53. The molecule has 0 aliphatic carbocycles. The smallest absolute Gasteiger partial charge is 0.238 e. The van der Waals surface area contributed by atoms with E-state index < -0.39 is 44.7 Å². The predicted molar refractivity (Wildman–Crippen MR) is 117 cm³/mol. The molecule has 0 spiro atoms. The van der Waals surface area contributed by atoms with Crippen molar-refractivity contribution in [1.29, 1.82) is 0 Å². The summed E-state index contributed by atoms with van der Waals surface area (Å²) in [6.07, 6.45) is 4.05. The number of nitrogens with one attached hydrogen (secondary N) is 1. The van der Waals surface area contributed by atoms with E-state index in [1.54, 1.807) is 16.9 Å². The summed E-state index contributed by atoms with van der Waals surface area (Å²) >= 11 is 0. The molecule has 13 heteroatoms. The van der Waals surface area contributed by atoms with Gasteiger partial charge in [0.15, 0.2) is 17.4 Å². The molecule has 0 saturated heterocycles. The summed E-state index contributed by atoms with van der Waals surface area (Å²) in [6, 6.07) is 9.59. The second-order valence-corrected chi connectivity index (χ2v) is 8.52. The van der Waals surface area contributed by atoms with Crippen LogP contribution >= 0.6 is 0 Å². The van der Waals surface area contributed by atoms with Crippen molar-refractivity contribution in [2.45, 2.75) is 5.75 Å². The zero-order chi connectivity index (χ0) is 24.3. The standard InChI is InChI=1S/C21H15F3N6O3S/c22-14-10-16(33-20-13(5-3-8-27-20)15-6-9-28-21(25)29-15)17(23)18(24)19(14)30-34(31,32)11-12-4-1-2-7-26-12/h1-10,30H,11H2,(H2,25,28,29). The molecular formula is C21H15F3N6O3S. The van der Waals surface area contributed by atoms with Crippen LogP contribution in [0.5, 0.6) is 11.6 Å². The van der Waals surface area contributed by atoms with Gasteiger partial charge in [0.25, 0.3) is 0 Å². The van der Waals surface area contributed by atoms with Crippen molar-refractivity contribution in [3.63, 3.8) is 0 Å². The number of nitrogen functional groups attached to an aromatic ring is 1. The number of rotatable bonds is 7. The van der Waals surface area contributed by atoms with Gasteiger partial charge in [-0.25, -0.2) is 32.2 Å². The van der Waals surface area contributed by atoms with Crippen molar-refractivity contribution in [2.75, 3.05) is 10.5 Å². The Balaban J connectivity index is 1.64. The first kappa shape index (κ1) is 22.9. The van der Waals surface area contributed by atoms with Crippen LogP contribution in [0, 0.1) is 17.5 Å². The van der Waals surface area contributed by atoms with E-state index in [1.165, 1.54) is 42.9 Å². The first-order chi connectivity index (χ1) is 16.2. The number of halogens is 3. The molecule has 0 aliphatic heterocycles. The molecular weight excluding hydrogens is 473 g/mol. The minimum absolute atomic E-state index is 0.0436. The highest BCUT2D eigenvalue weighted by Gasteiger charge is 2.25. The van der Waals surface area contributed by atoms with E-state index in [1.807, 2.05) is 0 Å². The van der Waals surface area contributed by atoms with Gasteiger partial charge in [-0.05, 0) is 30.3 Å². The van der Waals surface area contributed by atoms with Crippen LogP contribution in [-0.4, -0.2) is 28.4 Å². The van der Waals surface area contributed by atoms with E-state index in [-0.39, 0.29) is 28.8 Å². The number of aromatic nitrogens is 4. The number of pyridine rings is 2. The fourth-order valence-electron chi connectivity index (χ4n) is 2.91. The highest BCUT2D eigenvalue weighted by atomic mass is 32.2. The van der Waals surface area contributed by atoms with E-state index in [0.717, 1.165) is 0 Å². The van der Waals surface area contributed by atoms with Crippen LogP contribution in [0.2, 0.25) is 0 Å². The molecule has 0 atom stereocenters. The van der Waals surface area contributed by atoms with E-state index in [0.29, 0.717) is 6.07 Å². The number of anilines is 2. The van der Waals surface area contributed by atoms with Gasteiger partial charge in [-0.3, -0.25) is 9.71 Å². The predicted octanol–water partition coefficient (Wildman–Crippen LogP) is 3.67. The fraction of sp³-hybridized carbons (Fsp3) is 0.0476. The molecule has 0 unspecified atom stereocenters. The third-order valence-corrected chi connectivity index (χ3v) is 5.57. The van der Waals surface area contributed by atoms with Gasteiger partial charge in [-0.1, -0.05) is 6.07 Å². The Kier molecular flexibility index (Phi) is 6.27. The lowest BCUT2D eigenvalue weighted by Gasteiger charge is -2.14. The van der Waals surface area contributed by atoms with E-state index in [4.69, 9.17) is 10.5 Å². The Morgan fingerprint density at radius 3 is 2.47 bits per heavy atom. The molecule has 3 aromatic heterocycles. The van der Waals surface area contributed by atoms with Crippen molar-refractivity contribution in [2.24, 2.45) is 0 Å². The molecule has 0 bridgehead atoms. The lowest BCUT2D eigenvalue weighted by atomic mass is 10.2. The Bertz CT molecular complexity index is 1460. The fourth-order valence-corrected chi connectivity index (χ4v) is 4.04. The molecule has 4 rings (SSSR count). The quantitative estimate of drug-likeness (QED) is 0.377. The minimum atomic E-state index is -4.31. The zero-order valence-electron chi connectivity index (χ0n) is 17.1. The molecule has 3 N–H and O–H groups in total. The summed E-state index contributed by atoms with van der Waals surface area (Å²) in [6.45, 7) is 0. The molecule has 174 valence electrons. The normalized spacial score (nSPS) is 11.3. The molecule has 9 nitrogen and oxygen atoms in total. The summed E-state index contributed by atoms with van der Waals surface area (Å²) in [5.41, 5.74) is 5.04. The van der Waals surface area contributed by atoms with Crippen LogP contribution in [0.25, 0.3) is 11.3 Å². The zero-order valence-corrected chi connectivity index (χ0v) is 17.9. The van der Waals surface area contributed by atoms with Crippen LogP contribution in [-0.2, 0) is 15.8 Å². The first-order valence-corrected chi connectivity index (χ1v) is 11.2. The number of hydrogen-bond donors (Lipinski definition) is 2. The number of hydrogen-bond acceptors (Lipinski definition) is 8. The van der Waals surface area contributed by atoms with E-state index >= 15 is 0 Å². The summed E-state index contributed by atoms with van der Waals surface area (Å²) in [4.78, 5) is 15.6. The van der Waals surface area contributed by atoms with Crippen LogP contribution in [0.15, 0.2) is 61.1 Å². The summed E-state index contributed by atoms with van der Waals surface area (Å²) in [7, 11) is -4.31. The largest absolute Gasteiger partial charge is 0.435 e. The van der Waals surface area contributed by atoms with Crippen molar-refractivity contribution < 1.29 is 26.3 Å². The summed E-state index contributed by atoms with van der Waals surface area (Å²) < 4.78 is 75.8. The molecule has 3 heterocycles. The molecule has 0 fully saturated rings. The lowest BCUT2D eigenvalue weighted by molar-refractivity contribution is 0.401. The lowest BCUT2D eigenvalue weighted by Crippen LogP contribution is -2.18. The van der Waals surface area contributed by atoms with Crippen molar-refractivity contribution >= 4 is 21.7 Å². The van der Waals surface area contributed by atoms with Crippen LogP contribution in [0.4, 0.5) is 24.8 Å². The Morgan fingerprint density at radius 1 is 0.941 bits per heavy atom. The van der Waals surface area contributed by atoms with Crippen molar-refractivity contribution in [1.82, 2.24) is 19.9 Å². The van der Waals surface area contributed by atoms with Gasteiger partial charge < -0.3 is 10.5 Å². The number of nitrogens with zero attached hydrogens (tertiary/aromatic N) is 4. The Morgan fingerprint density at radius 2 is 1.74 bits per heavy atom. The third kappa shape index (κ3) is 5.04. The van der Waals surface area contributed by atoms with Gasteiger partial charge in [-0.2, -0.15) is 4.39 Å². The van der Waals surface area contributed by atoms with Crippen LogP contribution < -0.4 is 15.2 Å². The average molecular weight is 488 g/mol. The van der Waals surface area contributed by atoms with Gasteiger partial charge in [0.2, 0.25) is 27.7 Å². The molecule has 1 aromatic carbocycles. The van der Waals surface area contributed by atoms with Crippen molar-refractivity contribution in [3.8, 4) is 22.9 Å². The number of benzene rings is 1. The van der Waals surface area contributed by atoms with E-state index in [9.17, 15) is 21.6 Å². The SMILES string of the molecule is Nc1nccc(-c2cccnc2Oc2cc(F)c(NS(=O)(=O)Cc3ccccn3)c(F)c2F)n1. The maximum atomic E-state index is 14.7. The van der Waals surface area contributed by atoms with E-state index in [2.05, 4.69) is 19.9 Å². The molecule has 0 aliphatic rings. The minimum Gasteiger partial charge on any atom is -0.435 e. The van der Waals surface area contributed by atoms with Gasteiger partial charge in [0.05, 0.1) is 17.0 Å².